The van der Waals surface area contributed by atoms with Gasteiger partial charge >= 0.3 is 0 Å². The maximum Gasteiger partial charge on any atom is 0.119 e. The molecule has 0 atom stereocenters. The number of rotatable bonds is 4. The van der Waals surface area contributed by atoms with E-state index in [1.807, 2.05) is 12.1 Å². The molecule has 1 heterocycles. The molecule has 0 saturated carbocycles. The highest BCUT2D eigenvalue weighted by Crippen LogP contribution is 2.32. The molecule has 0 aromatic heterocycles. The highest BCUT2D eigenvalue weighted by Gasteiger charge is 2.32. The standard InChI is InChI=1S/C14H23N3O/c1-18-13-4-2-12(3-5-13)17-8-6-14(10-15,11-16)7-9-17/h2-5H,6-11,15-16H2,1H3. The van der Waals surface area contributed by atoms with Crippen molar-refractivity contribution >= 4 is 5.69 Å². The van der Waals surface area contributed by atoms with E-state index in [1.54, 1.807) is 7.11 Å². The molecular weight excluding hydrogens is 226 g/mol. The summed E-state index contributed by atoms with van der Waals surface area (Å²) < 4.78 is 5.17. The summed E-state index contributed by atoms with van der Waals surface area (Å²) in [6.45, 7) is 3.45. The van der Waals surface area contributed by atoms with Gasteiger partial charge in [-0.05, 0) is 55.6 Å². The summed E-state index contributed by atoms with van der Waals surface area (Å²) in [6.07, 6.45) is 2.15. The molecule has 0 bridgehead atoms. The number of anilines is 1. The van der Waals surface area contributed by atoms with Crippen molar-refractivity contribution in [3.05, 3.63) is 24.3 Å². The summed E-state index contributed by atoms with van der Waals surface area (Å²) in [5.41, 5.74) is 13.1. The van der Waals surface area contributed by atoms with Crippen molar-refractivity contribution in [1.82, 2.24) is 0 Å². The topological polar surface area (TPSA) is 64.5 Å². The van der Waals surface area contributed by atoms with E-state index < -0.39 is 0 Å². The fraction of sp³-hybridized carbons (Fsp3) is 0.571. The van der Waals surface area contributed by atoms with Gasteiger partial charge in [-0.1, -0.05) is 0 Å². The minimum absolute atomic E-state index is 0.156. The monoisotopic (exact) mass is 249 g/mol. The number of ether oxygens (including phenoxy) is 1. The second kappa shape index (κ2) is 5.59. The summed E-state index contributed by atoms with van der Waals surface area (Å²) in [7, 11) is 1.69. The van der Waals surface area contributed by atoms with Crippen LogP contribution in [0.15, 0.2) is 24.3 Å². The molecule has 2 rings (SSSR count). The Morgan fingerprint density at radius 3 is 2.11 bits per heavy atom. The van der Waals surface area contributed by atoms with Gasteiger partial charge in [0.25, 0.3) is 0 Å². The van der Waals surface area contributed by atoms with Crippen LogP contribution in [0, 0.1) is 5.41 Å². The number of piperidine rings is 1. The fourth-order valence-corrected chi connectivity index (χ4v) is 2.52. The van der Waals surface area contributed by atoms with E-state index in [-0.39, 0.29) is 5.41 Å². The molecule has 1 fully saturated rings. The van der Waals surface area contributed by atoms with Gasteiger partial charge in [-0.25, -0.2) is 0 Å². The molecule has 1 aromatic rings. The minimum atomic E-state index is 0.156. The molecule has 0 amide bonds. The van der Waals surface area contributed by atoms with Crippen molar-refractivity contribution in [2.75, 3.05) is 38.2 Å². The van der Waals surface area contributed by atoms with Crippen LogP contribution in [-0.4, -0.2) is 33.3 Å². The van der Waals surface area contributed by atoms with E-state index in [0.29, 0.717) is 13.1 Å². The predicted molar refractivity (Wildman–Crippen MR) is 75.0 cm³/mol. The van der Waals surface area contributed by atoms with Gasteiger partial charge in [0.2, 0.25) is 0 Å². The first-order chi connectivity index (χ1) is 8.73. The summed E-state index contributed by atoms with van der Waals surface area (Å²) in [5.74, 6) is 0.897. The second-order valence-electron chi connectivity index (χ2n) is 5.09. The number of hydrogen-bond acceptors (Lipinski definition) is 4. The summed E-state index contributed by atoms with van der Waals surface area (Å²) in [4.78, 5) is 2.39. The number of hydrogen-bond donors (Lipinski definition) is 2. The number of methoxy groups -OCH3 is 1. The molecule has 100 valence electrons. The lowest BCUT2D eigenvalue weighted by molar-refractivity contribution is 0.238. The molecule has 18 heavy (non-hydrogen) atoms. The first kappa shape index (κ1) is 13.2. The Balaban J connectivity index is 2.00. The third-order valence-corrected chi connectivity index (χ3v) is 4.13. The Morgan fingerprint density at radius 2 is 1.67 bits per heavy atom. The van der Waals surface area contributed by atoms with E-state index in [9.17, 15) is 0 Å². The molecule has 0 aliphatic carbocycles. The summed E-state index contributed by atoms with van der Waals surface area (Å²) >= 11 is 0. The van der Waals surface area contributed by atoms with Crippen molar-refractivity contribution in [3.63, 3.8) is 0 Å². The molecule has 1 aromatic carbocycles. The van der Waals surface area contributed by atoms with Crippen LogP contribution < -0.4 is 21.1 Å². The van der Waals surface area contributed by atoms with E-state index >= 15 is 0 Å². The van der Waals surface area contributed by atoms with Crippen LogP contribution >= 0.6 is 0 Å². The Labute approximate surface area is 109 Å². The van der Waals surface area contributed by atoms with E-state index in [1.165, 1.54) is 5.69 Å². The van der Waals surface area contributed by atoms with Crippen LogP contribution in [0.5, 0.6) is 5.75 Å². The molecule has 1 saturated heterocycles. The van der Waals surface area contributed by atoms with E-state index in [4.69, 9.17) is 16.2 Å². The molecular formula is C14H23N3O. The van der Waals surface area contributed by atoms with Crippen molar-refractivity contribution in [1.29, 1.82) is 0 Å². The van der Waals surface area contributed by atoms with Gasteiger partial charge in [0.1, 0.15) is 5.75 Å². The molecule has 1 aliphatic heterocycles. The van der Waals surface area contributed by atoms with Crippen LogP contribution in [0.2, 0.25) is 0 Å². The Morgan fingerprint density at radius 1 is 1.11 bits per heavy atom. The predicted octanol–water partition coefficient (Wildman–Crippen LogP) is 1.20. The zero-order valence-electron chi connectivity index (χ0n) is 11.1. The summed E-state index contributed by atoms with van der Waals surface area (Å²) in [5, 5.41) is 0. The molecule has 0 radical (unpaired) electrons. The molecule has 1 aliphatic rings. The molecule has 4 nitrogen and oxygen atoms in total. The lowest BCUT2D eigenvalue weighted by atomic mass is 9.78. The fourth-order valence-electron chi connectivity index (χ4n) is 2.52. The SMILES string of the molecule is COc1ccc(N2CCC(CN)(CN)CC2)cc1. The van der Waals surface area contributed by atoms with E-state index in [0.717, 1.165) is 31.7 Å². The first-order valence-electron chi connectivity index (χ1n) is 6.52. The molecule has 4 heteroatoms. The van der Waals surface area contributed by atoms with Crippen molar-refractivity contribution < 1.29 is 4.74 Å². The molecule has 0 unspecified atom stereocenters. The summed E-state index contributed by atoms with van der Waals surface area (Å²) in [6, 6.07) is 8.22. The van der Waals surface area contributed by atoms with Crippen LogP contribution in [0.4, 0.5) is 5.69 Å². The second-order valence-corrected chi connectivity index (χ2v) is 5.09. The van der Waals surface area contributed by atoms with Crippen LogP contribution in [0.3, 0.4) is 0 Å². The Hall–Kier alpha value is -1.26. The van der Waals surface area contributed by atoms with Gasteiger partial charge in [-0.15, -0.1) is 0 Å². The maximum absolute atomic E-state index is 5.86. The zero-order chi connectivity index (χ0) is 13.0. The van der Waals surface area contributed by atoms with Gasteiger partial charge in [-0.2, -0.15) is 0 Å². The highest BCUT2D eigenvalue weighted by atomic mass is 16.5. The average molecular weight is 249 g/mol. The minimum Gasteiger partial charge on any atom is -0.497 e. The lowest BCUT2D eigenvalue weighted by Crippen LogP contribution is -2.47. The van der Waals surface area contributed by atoms with Crippen molar-refractivity contribution in [2.45, 2.75) is 12.8 Å². The average Bonchev–Trinajstić information content (AvgIpc) is 2.47. The number of nitrogens with two attached hydrogens (primary N) is 2. The number of nitrogens with zero attached hydrogens (tertiary/aromatic N) is 1. The largest absolute Gasteiger partial charge is 0.497 e. The quantitative estimate of drug-likeness (QED) is 0.841. The molecule has 0 spiro atoms. The van der Waals surface area contributed by atoms with Gasteiger partial charge < -0.3 is 21.1 Å². The maximum atomic E-state index is 5.86. The van der Waals surface area contributed by atoms with Crippen molar-refractivity contribution in [2.24, 2.45) is 16.9 Å². The smallest absolute Gasteiger partial charge is 0.119 e. The highest BCUT2D eigenvalue weighted by molar-refractivity contribution is 5.49. The van der Waals surface area contributed by atoms with Crippen molar-refractivity contribution in [3.8, 4) is 5.75 Å². The van der Waals surface area contributed by atoms with Crippen LogP contribution in [0.1, 0.15) is 12.8 Å². The normalized spacial score (nSPS) is 18.7. The Bertz CT molecular complexity index is 363. The zero-order valence-corrected chi connectivity index (χ0v) is 11.1. The van der Waals surface area contributed by atoms with Gasteiger partial charge in [0.15, 0.2) is 0 Å². The van der Waals surface area contributed by atoms with Gasteiger partial charge in [0, 0.05) is 18.8 Å². The third-order valence-electron chi connectivity index (χ3n) is 4.13. The van der Waals surface area contributed by atoms with Gasteiger partial charge in [-0.3, -0.25) is 0 Å². The van der Waals surface area contributed by atoms with Gasteiger partial charge in [0.05, 0.1) is 7.11 Å². The van der Waals surface area contributed by atoms with Crippen LogP contribution in [0.25, 0.3) is 0 Å². The number of benzene rings is 1. The lowest BCUT2D eigenvalue weighted by Gasteiger charge is -2.41. The molecule has 4 N–H and O–H groups in total. The Kier molecular flexibility index (Phi) is 4.09. The van der Waals surface area contributed by atoms with Crippen LogP contribution in [-0.2, 0) is 0 Å². The van der Waals surface area contributed by atoms with E-state index in [2.05, 4.69) is 17.0 Å². The first-order valence-corrected chi connectivity index (χ1v) is 6.52. The third kappa shape index (κ3) is 2.60.